The van der Waals surface area contributed by atoms with Gasteiger partial charge >= 0.3 is 0 Å². The molecule has 2 N–H and O–H groups in total. The number of rotatable bonds is 8. The predicted molar refractivity (Wildman–Crippen MR) is 69.3 cm³/mol. The van der Waals surface area contributed by atoms with Gasteiger partial charge in [0.2, 0.25) is 0 Å². The van der Waals surface area contributed by atoms with Crippen molar-refractivity contribution in [2.45, 2.75) is 57.9 Å². The number of aryl methyl sites for hydroxylation is 1. The number of nitrogens with two attached hydrogens (primary N) is 1. The van der Waals surface area contributed by atoms with Crippen molar-refractivity contribution in [3.8, 4) is 0 Å². The minimum absolute atomic E-state index is 0.346. The number of aromatic nitrogens is 1. The zero-order chi connectivity index (χ0) is 11.6. The highest BCUT2D eigenvalue weighted by Gasteiger charge is 2.03. The van der Waals surface area contributed by atoms with E-state index < -0.39 is 0 Å². The summed E-state index contributed by atoms with van der Waals surface area (Å²) in [4.78, 5) is 4.30. The Bertz CT molecular complexity index is 259. The maximum Gasteiger partial charge on any atom is 0.0404 e. The second-order valence-electron chi connectivity index (χ2n) is 4.47. The van der Waals surface area contributed by atoms with Crippen molar-refractivity contribution in [1.82, 2.24) is 4.98 Å². The molecule has 0 aliphatic heterocycles. The summed E-state index contributed by atoms with van der Waals surface area (Å²) in [7, 11) is 0. The van der Waals surface area contributed by atoms with Gasteiger partial charge in [-0.25, -0.2) is 0 Å². The number of unbranched alkanes of at least 4 members (excludes halogenated alkanes) is 3. The van der Waals surface area contributed by atoms with Crippen LogP contribution in [0.4, 0.5) is 0 Å². The molecule has 0 aliphatic rings. The second kappa shape index (κ2) is 8.28. The van der Waals surface area contributed by atoms with Crippen molar-refractivity contribution in [1.29, 1.82) is 0 Å². The van der Waals surface area contributed by atoms with E-state index in [2.05, 4.69) is 18.0 Å². The summed E-state index contributed by atoms with van der Waals surface area (Å²) in [6.45, 7) is 2.24. The maximum absolute atomic E-state index is 6.08. The van der Waals surface area contributed by atoms with Gasteiger partial charge in [0, 0.05) is 17.9 Å². The minimum atomic E-state index is 0.346. The second-order valence-corrected chi connectivity index (χ2v) is 4.47. The Labute approximate surface area is 99.3 Å². The largest absolute Gasteiger partial charge is 0.328 e. The summed E-state index contributed by atoms with van der Waals surface area (Å²) in [5.41, 5.74) is 7.23. The lowest BCUT2D eigenvalue weighted by molar-refractivity contribution is 0.519. The minimum Gasteiger partial charge on any atom is -0.328 e. The van der Waals surface area contributed by atoms with Gasteiger partial charge in [-0.05, 0) is 31.4 Å². The molecule has 1 aromatic rings. The van der Waals surface area contributed by atoms with Crippen LogP contribution in [0, 0.1) is 0 Å². The van der Waals surface area contributed by atoms with Gasteiger partial charge in [0.1, 0.15) is 0 Å². The van der Waals surface area contributed by atoms with Gasteiger partial charge < -0.3 is 5.73 Å². The first-order valence-corrected chi connectivity index (χ1v) is 6.48. The van der Waals surface area contributed by atoms with Crippen molar-refractivity contribution in [3.63, 3.8) is 0 Å². The van der Waals surface area contributed by atoms with Crippen LogP contribution in [-0.4, -0.2) is 11.0 Å². The summed E-state index contributed by atoms with van der Waals surface area (Å²) in [5, 5.41) is 0. The average Bonchev–Trinajstić information content (AvgIpc) is 2.33. The van der Waals surface area contributed by atoms with E-state index >= 15 is 0 Å². The molecule has 0 fully saturated rings. The van der Waals surface area contributed by atoms with Crippen molar-refractivity contribution in [2.24, 2.45) is 5.73 Å². The quantitative estimate of drug-likeness (QED) is 0.683. The molecule has 1 heterocycles. The monoisotopic (exact) mass is 220 g/mol. The first-order valence-electron chi connectivity index (χ1n) is 6.48. The number of hydrogen-bond donors (Lipinski definition) is 1. The van der Waals surface area contributed by atoms with E-state index in [1.165, 1.54) is 25.7 Å². The Morgan fingerprint density at radius 1 is 1.19 bits per heavy atom. The summed E-state index contributed by atoms with van der Waals surface area (Å²) < 4.78 is 0. The molecule has 0 amide bonds. The Balaban J connectivity index is 2.08. The molecule has 90 valence electrons. The normalized spacial score (nSPS) is 12.6. The van der Waals surface area contributed by atoms with Crippen LogP contribution in [0.3, 0.4) is 0 Å². The van der Waals surface area contributed by atoms with Crippen molar-refractivity contribution < 1.29 is 0 Å². The van der Waals surface area contributed by atoms with E-state index in [-0.39, 0.29) is 0 Å². The third kappa shape index (κ3) is 5.86. The Morgan fingerprint density at radius 2 is 2.06 bits per heavy atom. The molecule has 1 unspecified atom stereocenters. The molecule has 0 aromatic carbocycles. The van der Waals surface area contributed by atoms with Crippen LogP contribution < -0.4 is 5.73 Å². The van der Waals surface area contributed by atoms with Gasteiger partial charge in [0.05, 0.1) is 0 Å². The highest BCUT2D eigenvalue weighted by atomic mass is 14.7. The number of pyridine rings is 1. The highest BCUT2D eigenvalue weighted by molar-refractivity contribution is 5.03. The van der Waals surface area contributed by atoms with Crippen molar-refractivity contribution in [3.05, 3.63) is 30.1 Å². The number of nitrogens with zero attached hydrogens (tertiary/aromatic N) is 1. The molecule has 0 spiro atoms. The molecule has 1 rings (SSSR count). The third-order valence-electron chi connectivity index (χ3n) is 2.93. The van der Waals surface area contributed by atoms with Gasteiger partial charge in [-0.1, -0.05) is 38.7 Å². The Morgan fingerprint density at radius 3 is 2.75 bits per heavy atom. The van der Waals surface area contributed by atoms with E-state index in [1.807, 2.05) is 18.3 Å². The van der Waals surface area contributed by atoms with E-state index in [1.54, 1.807) is 0 Å². The van der Waals surface area contributed by atoms with Gasteiger partial charge in [-0.15, -0.1) is 0 Å². The number of hydrogen-bond acceptors (Lipinski definition) is 2. The van der Waals surface area contributed by atoms with Gasteiger partial charge in [0.15, 0.2) is 0 Å². The zero-order valence-corrected chi connectivity index (χ0v) is 10.4. The summed E-state index contributed by atoms with van der Waals surface area (Å²) in [6.07, 6.45) is 10.3. The standard InChI is InChI=1S/C14H24N2/c1-2-3-4-5-8-13(15)10-11-14-9-6-7-12-16-14/h6-7,9,12-13H,2-5,8,10-11,15H2,1H3. The fraction of sp³-hybridized carbons (Fsp3) is 0.643. The molecule has 2 heteroatoms. The lowest BCUT2D eigenvalue weighted by Crippen LogP contribution is -2.20. The summed E-state index contributed by atoms with van der Waals surface area (Å²) >= 11 is 0. The molecule has 0 saturated carbocycles. The van der Waals surface area contributed by atoms with E-state index in [9.17, 15) is 0 Å². The SMILES string of the molecule is CCCCCCC(N)CCc1ccccn1. The lowest BCUT2D eigenvalue weighted by atomic mass is 10.0. The molecule has 0 bridgehead atoms. The van der Waals surface area contributed by atoms with E-state index in [4.69, 9.17) is 5.73 Å². The molecular formula is C14H24N2. The van der Waals surface area contributed by atoms with Crippen molar-refractivity contribution in [2.75, 3.05) is 0 Å². The fourth-order valence-corrected chi connectivity index (χ4v) is 1.86. The molecule has 16 heavy (non-hydrogen) atoms. The molecule has 0 saturated heterocycles. The molecule has 0 radical (unpaired) electrons. The van der Waals surface area contributed by atoms with Crippen LogP contribution in [0.25, 0.3) is 0 Å². The molecule has 0 aliphatic carbocycles. The van der Waals surface area contributed by atoms with Crippen LogP contribution in [0.15, 0.2) is 24.4 Å². The molecule has 2 nitrogen and oxygen atoms in total. The molecule has 1 atom stereocenters. The van der Waals surface area contributed by atoms with Crippen LogP contribution in [-0.2, 0) is 6.42 Å². The third-order valence-corrected chi connectivity index (χ3v) is 2.93. The summed E-state index contributed by atoms with van der Waals surface area (Å²) in [6, 6.07) is 6.41. The molecular weight excluding hydrogens is 196 g/mol. The van der Waals surface area contributed by atoms with Gasteiger partial charge in [0.25, 0.3) is 0 Å². The average molecular weight is 220 g/mol. The van der Waals surface area contributed by atoms with Gasteiger partial charge in [-0.2, -0.15) is 0 Å². The smallest absolute Gasteiger partial charge is 0.0404 e. The van der Waals surface area contributed by atoms with E-state index in [0.29, 0.717) is 6.04 Å². The van der Waals surface area contributed by atoms with Gasteiger partial charge in [-0.3, -0.25) is 4.98 Å². The van der Waals surface area contributed by atoms with Crippen LogP contribution in [0.2, 0.25) is 0 Å². The van der Waals surface area contributed by atoms with Crippen LogP contribution >= 0.6 is 0 Å². The summed E-state index contributed by atoms with van der Waals surface area (Å²) in [5.74, 6) is 0. The Kier molecular flexibility index (Phi) is 6.82. The Hall–Kier alpha value is -0.890. The van der Waals surface area contributed by atoms with Crippen molar-refractivity contribution >= 4 is 0 Å². The van der Waals surface area contributed by atoms with Crippen LogP contribution in [0.5, 0.6) is 0 Å². The maximum atomic E-state index is 6.08. The topological polar surface area (TPSA) is 38.9 Å². The van der Waals surface area contributed by atoms with Crippen LogP contribution in [0.1, 0.15) is 51.1 Å². The predicted octanol–water partition coefficient (Wildman–Crippen LogP) is 3.31. The lowest BCUT2D eigenvalue weighted by Gasteiger charge is -2.10. The fourth-order valence-electron chi connectivity index (χ4n) is 1.86. The highest BCUT2D eigenvalue weighted by Crippen LogP contribution is 2.08. The first kappa shape index (κ1) is 13.2. The zero-order valence-electron chi connectivity index (χ0n) is 10.4. The van der Waals surface area contributed by atoms with E-state index in [0.717, 1.165) is 25.0 Å². The molecule has 1 aromatic heterocycles. The first-order chi connectivity index (χ1) is 7.83.